The summed E-state index contributed by atoms with van der Waals surface area (Å²) in [4.78, 5) is 26.1. The molecule has 0 unspecified atom stereocenters. The highest BCUT2D eigenvalue weighted by Crippen LogP contribution is 2.22. The van der Waals surface area contributed by atoms with Gasteiger partial charge in [0.05, 0.1) is 12.8 Å². The number of anilines is 1. The van der Waals surface area contributed by atoms with Crippen molar-refractivity contribution in [3.05, 3.63) is 65.5 Å². The summed E-state index contributed by atoms with van der Waals surface area (Å²) in [7, 11) is 1.55. The first-order chi connectivity index (χ1) is 12.0. The van der Waals surface area contributed by atoms with Gasteiger partial charge in [-0.2, -0.15) is 0 Å². The Kier molecular flexibility index (Phi) is 4.58. The topological polar surface area (TPSA) is 58.6 Å². The van der Waals surface area contributed by atoms with E-state index >= 15 is 0 Å². The minimum Gasteiger partial charge on any atom is -0.497 e. The van der Waals surface area contributed by atoms with Gasteiger partial charge in [-0.3, -0.25) is 19.8 Å². The average molecular weight is 356 g/mol. The first-order valence-corrected chi connectivity index (χ1v) is 7.71. The molecule has 0 saturated carbocycles. The molecule has 0 radical (unpaired) electrons. The van der Waals surface area contributed by atoms with E-state index in [0.29, 0.717) is 17.0 Å². The van der Waals surface area contributed by atoms with Gasteiger partial charge in [0, 0.05) is 0 Å². The third-order valence-electron chi connectivity index (χ3n) is 3.61. The number of ether oxygens (including phenoxy) is 1. The van der Waals surface area contributed by atoms with Gasteiger partial charge in [-0.1, -0.05) is 12.1 Å². The summed E-state index contributed by atoms with van der Waals surface area (Å²) in [5, 5.41) is 2.43. The molecule has 1 fully saturated rings. The molecule has 0 spiro atoms. The SMILES string of the molecule is COc1ccc(/C=C2\C(=O)NC(=S)N(c3ccc(F)cc3)C2=O)cc1. The van der Waals surface area contributed by atoms with Crippen molar-refractivity contribution in [2.45, 2.75) is 0 Å². The Morgan fingerprint density at radius 2 is 1.72 bits per heavy atom. The molecule has 0 aromatic heterocycles. The molecule has 0 aliphatic carbocycles. The van der Waals surface area contributed by atoms with Crippen LogP contribution in [0.4, 0.5) is 10.1 Å². The number of carbonyl (C=O) groups is 2. The summed E-state index contributed by atoms with van der Waals surface area (Å²) in [6.45, 7) is 0. The van der Waals surface area contributed by atoms with Crippen molar-refractivity contribution in [2.24, 2.45) is 0 Å². The van der Waals surface area contributed by atoms with Crippen LogP contribution in [-0.2, 0) is 9.59 Å². The molecule has 1 saturated heterocycles. The third kappa shape index (κ3) is 3.41. The number of amides is 2. The number of hydrogen-bond donors (Lipinski definition) is 1. The molecule has 1 aliphatic rings. The van der Waals surface area contributed by atoms with E-state index in [2.05, 4.69) is 5.32 Å². The van der Waals surface area contributed by atoms with E-state index < -0.39 is 17.6 Å². The van der Waals surface area contributed by atoms with Crippen LogP contribution in [0.3, 0.4) is 0 Å². The fourth-order valence-electron chi connectivity index (χ4n) is 2.35. The van der Waals surface area contributed by atoms with Crippen LogP contribution in [0.25, 0.3) is 6.08 Å². The van der Waals surface area contributed by atoms with Gasteiger partial charge in [0.15, 0.2) is 5.11 Å². The predicted molar refractivity (Wildman–Crippen MR) is 95.6 cm³/mol. The molecule has 7 heteroatoms. The Hall–Kier alpha value is -3.06. The second kappa shape index (κ2) is 6.82. The Labute approximate surface area is 148 Å². The van der Waals surface area contributed by atoms with Gasteiger partial charge in [0.1, 0.15) is 17.1 Å². The highest BCUT2D eigenvalue weighted by Gasteiger charge is 2.34. The van der Waals surface area contributed by atoms with E-state index in [4.69, 9.17) is 17.0 Å². The van der Waals surface area contributed by atoms with Crippen LogP contribution in [0.1, 0.15) is 5.56 Å². The number of methoxy groups -OCH3 is 1. The zero-order valence-electron chi connectivity index (χ0n) is 13.2. The van der Waals surface area contributed by atoms with Gasteiger partial charge >= 0.3 is 0 Å². The number of thiocarbonyl (C=S) groups is 1. The van der Waals surface area contributed by atoms with Crippen LogP contribution < -0.4 is 15.0 Å². The van der Waals surface area contributed by atoms with Gasteiger partial charge < -0.3 is 4.74 Å². The fourth-order valence-corrected chi connectivity index (χ4v) is 2.63. The Morgan fingerprint density at radius 3 is 2.32 bits per heavy atom. The molecular weight excluding hydrogens is 343 g/mol. The van der Waals surface area contributed by atoms with Crippen molar-refractivity contribution in [3.8, 4) is 5.75 Å². The van der Waals surface area contributed by atoms with Crippen molar-refractivity contribution in [1.29, 1.82) is 0 Å². The summed E-state index contributed by atoms with van der Waals surface area (Å²) in [5.41, 5.74) is 0.964. The molecular formula is C18H13FN2O3S. The maximum Gasteiger partial charge on any atom is 0.270 e. The molecule has 2 aromatic carbocycles. The lowest BCUT2D eigenvalue weighted by atomic mass is 10.1. The Morgan fingerprint density at radius 1 is 1.08 bits per heavy atom. The number of nitrogens with zero attached hydrogens (tertiary/aromatic N) is 1. The van der Waals surface area contributed by atoms with Crippen molar-refractivity contribution in [2.75, 3.05) is 12.0 Å². The monoisotopic (exact) mass is 356 g/mol. The van der Waals surface area contributed by atoms with Crippen molar-refractivity contribution < 1.29 is 18.7 Å². The molecule has 0 bridgehead atoms. The third-order valence-corrected chi connectivity index (χ3v) is 3.90. The highest BCUT2D eigenvalue weighted by molar-refractivity contribution is 7.80. The minimum absolute atomic E-state index is 0.0477. The molecule has 25 heavy (non-hydrogen) atoms. The Balaban J connectivity index is 1.97. The van der Waals surface area contributed by atoms with Gasteiger partial charge in [0.25, 0.3) is 11.8 Å². The number of carbonyl (C=O) groups excluding carboxylic acids is 2. The highest BCUT2D eigenvalue weighted by atomic mass is 32.1. The second-order valence-corrected chi connectivity index (χ2v) is 5.59. The summed E-state index contributed by atoms with van der Waals surface area (Å²) < 4.78 is 18.2. The van der Waals surface area contributed by atoms with Crippen molar-refractivity contribution in [3.63, 3.8) is 0 Å². The second-order valence-electron chi connectivity index (χ2n) is 5.21. The molecule has 2 amide bonds. The lowest BCUT2D eigenvalue weighted by Gasteiger charge is -2.28. The normalized spacial score (nSPS) is 16.2. The van der Waals surface area contributed by atoms with E-state index in [1.807, 2.05) is 0 Å². The molecule has 2 aromatic rings. The van der Waals surface area contributed by atoms with Crippen LogP contribution >= 0.6 is 12.2 Å². The zero-order chi connectivity index (χ0) is 18.0. The standard InChI is InChI=1S/C18H13FN2O3S/c1-24-14-8-2-11(3-9-14)10-15-16(22)20-18(25)21(17(15)23)13-6-4-12(19)5-7-13/h2-10H,1H3,(H,20,22,25)/b15-10+. The van der Waals surface area contributed by atoms with E-state index in [9.17, 15) is 14.0 Å². The first kappa shape index (κ1) is 16.8. The van der Waals surface area contributed by atoms with E-state index in [1.54, 1.807) is 31.4 Å². The maximum atomic E-state index is 13.1. The lowest BCUT2D eigenvalue weighted by Crippen LogP contribution is -2.54. The van der Waals surface area contributed by atoms with Crippen LogP contribution in [0, 0.1) is 5.82 Å². The maximum absolute atomic E-state index is 13.1. The summed E-state index contributed by atoms with van der Waals surface area (Å²) >= 11 is 5.08. The number of rotatable bonds is 3. The predicted octanol–water partition coefficient (Wildman–Crippen LogP) is 2.67. The first-order valence-electron chi connectivity index (χ1n) is 7.30. The van der Waals surface area contributed by atoms with Crippen LogP contribution in [0.2, 0.25) is 0 Å². The van der Waals surface area contributed by atoms with Crippen molar-refractivity contribution in [1.82, 2.24) is 5.32 Å². The van der Waals surface area contributed by atoms with E-state index in [0.717, 1.165) is 4.90 Å². The van der Waals surface area contributed by atoms with Gasteiger partial charge in [0.2, 0.25) is 0 Å². The molecule has 126 valence electrons. The number of hydrogen-bond acceptors (Lipinski definition) is 4. The molecule has 1 heterocycles. The van der Waals surface area contributed by atoms with Crippen LogP contribution in [0.15, 0.2) is 54.1 Å². The number of nitrogens with one attached hydrogen (secondary N) is 1. The lowest BCUT2D eigenvalue weighted by molar-refractivity contribution is -0.122. The Bertz CT molecular complexity index is 876. The van der Waals surface area contributed by atoms with Crippen LogP contribution in [0.5, 0.6) is 5.75 Å². The average Bonchev–Trinajstić information content (AvgIpc) is 2.60. The zero-order valence-corrected chi connectivity index (χ0v) is 14.0. The molecule has 5 nitrogen and oxygen atoms in total. The van der Waals surface area contributed by atoms with E-state index in [1.165, 1.54) is 30.3 Å². The summed E-state index contributed by atoms with van der Waals surface area (Å²) in [6.07, 6.45) is 1.47. The van der Waals surface area contributed by atoms with E-state index in [-0.39, 0.29) is 10.7 Å². The minimum atomic E-state index is -0.579. The number of halogens is 1. The number of benzene rings is 2. The van der Waals surface area contributed by atoms with Gasteiger partial charge in [-0.15, -0.1) is 0 Å². The molecule has 3 rings (SSSR count). The summed E-state index contributed by atoms with van der Waals surface area (Å²) in [6, 6.07) is 12.2. The quantitative estimate of drug-likeness (QED) is 0.522. The fraction of sp³-hybridized carbons (Fsp3) is 0.0556. The smallest absolute Gasteiger partial charge is 0.270 e. The van der Waals surface area contributed by atoms with Gasteiger partial charge in [-0.25, -0.2) is 4.39 Å². The van der Waals surface area contributed by atoms with Crippen LogP contribution in [-0.4, -0.2) is 24.0 Å². The molecule has 0 atom stereocenters. The molecule has 1 N–H and O–H groups in total. The van der Waals surface area contributed by atoms with Gasteiger partial charge in [-0.05, 0) is 60.3 Å². The largest absolute Gasteiger partial charge is 0.497 e. The van der Waals surface area contributed by atoms with Crippen molar-refractivity contribution >= 4 is 40.9 Å². The molecule has 1 aliphatic heterocycles. The summed E-state index contributed by atoms with van der Waals surface area (Å²) in [5.74, 6) is -0.923.